The van der Waals surface area contributed by atoms with Gasteiger partial charge < -0.3 is 0 Å². The Morgan fingerprint density at radius 2 is 1.30 bits per heavy atom. The molecule has 4 bridgehead atoms. The Bertz CT molecular complexity index is 419. The first-order chi connectivity index (χ1) is 9.78. The Balaban J connectivity index is 1.18. The van der Waals surface area contributed by atoms with Gasteiger partial charge in [-0.1, -0.05) is 24.3 Å². The maximum absolute atomic E-state index is 11.8. The highest BCUT2D eigenvalue weighted by molar-refractivity contribution is 7.33. The molecular formula is C16H22O3P+. The van der Waals surface area contributed by atoms with Gasteiger partial charge in [-0.3, -0.25) is 0 Å². The summed E-state index contributed by atoms with van der Waals surface area (Å²) in [6.07, 6.45) is 14.2. The fraction of sp³-hybridized carbons (Fsp3) is 0.750. The van der Waals surface area contributed by atoms with Gasteiger partial charge in [0.1, 0.15) is 13.2 Å². The molecule has 0 spiro atoms. The van der Waals surface area contributed by atoms with E-state index in [4.69, 9.17) is 9.05 Å². The molecule has 0 saturated heterocycles. The lowest BCUT2D eigenvalue weighted by Gasteiger charge is -2.15. The van der Waals surface area contributed by atoms with Gasteiger partial charge in [0.15, 0.2) is 0 Å². The number of rotatable bonds is 6. The van der Waals surface area contributed by atoms with E-state index in [0.29, 0.717) is 36.9 Å². The highest BCUT2D eigenvalue weighted by Gasteiger charge is 2.40. The van der Waals surface area contributed by atoms with Crippen LogP contribution < -0.4 is 0 Å². The van der Waals surface area contributed by atoms with E-state index in [1.54, 1.807) is 0 Å². The standard InChI is InChI=1S/C16H22O3P/c17-20(18-9-15-7-11-1-3-13(15)5-11)19-10-16-8-12-2-4-14(16)6-12/h1-4,11-16H,5-10H2/q+1. The topological polar surface area (TPSA) is 35.5 Å². The second kappa shape index (κ2) is 5.36. The molecule has 20 heavy (non-hydrogen) atoms. The maximum Gasteiger partial charge on any atom is 0.697 e. The minimum Gasteiger partial charge on any atom is -0.119 e. The summed E-state index contributed by atoms with van der Waals surface area (Å²) in [4.78, 5) is 0. The lowest BCUT2D eigenvalue weighted by atomic mass is 9.95. The second-order valence-corrected chi connectivity index (χ2v) is 7.86. The third-order valence-corrected chi connectivity index (χ3v) is 6.34. The highest BCUT2D eigenvalue weighted by atomic mass is 31.1. The van der Waals surface area contributed by atoms with Crippen LogP contribution in [0.3, 0.4) is 0 Å². The molecule has 0 amide bonds. The van der Waals surface area contributed by atoms with E-state index in [-0.39, 0.29) is 0 Å². The smallest absolute Gasteiger partial charge is 0.119 e. The molecule has 4 aliphatic carbocycles. The summed E-state index contributed by atoms with van der Waals surface area (Å²) in [5.74, 6) is 3.90. The van der Waals surface area contributed by atoms with Crippen LogP contribution in [0, 0.1) is 35.5 Å². The summed E-state index contributed by atoms with van der Waals surface area (Å²) in [6.45, 7) is 1.19. The number of fused-ring (bicyclic) bond motifs is 4. The zero-order valence-electron chi connectivity index (χ0n) is 11.7. The zero-order valence-corrected chi connectivity index (χ0v) is 12.6. The van der Waals surface area contributed by atoms with Gasteiger partial charge in [0.2, 0.25) is 0 Å². The van der Waals surface area contributed by atoms with Crippen LogP contribution in [0.4, 0.5) is 0 Å². The lowest BCUT2D eigenvalue weighted by Crippen LogP contribution is -2.14. The summed E-state index contributed by atoms with van der Waals surface area (Å²) in [6, 6.07) is 0. The van der Waals surface area contributed by atoms with E-state index >= 15 is 0 Å². The molecule has 0 N–H and O–H groups in total. The lowest BCUT2D eigenvalue weighted by molar-refractivity contribution is 0.163. The average molecular weight is 293 g/mol. The summed E-state index contributed by atoms with van der Waals surface area (Å²) < 4.78 is 22.7. The van der Waals surface area contributed by atoms with Crippen molar-refractivity contribution < 1.29 is 13.6 Å². The van der Waals surface area contributed by atoms with Crippen LogP contribution in [0.15, 0.2) is 24.3 Å². The molecule has 0 heterocycles. The molecule has 4 aliphatic rings. The van der Waals surface area contributed by atoms with Crippen molar-refractivity contribution in [1.29, 1.82) is 0 Å². The SMILES string of the molecule is O=[P+](OCC1CC2C=CC1C2)OCC1CC2C=CC1C2. The molecule has 4 rings (SSSR count). The van der Waals surface area contributed by atoms with E-state index in [2.05, 4.69) is 24.3 Å². The van der Waals surface area contributed by atoms with Crippen LogP contribution in [0.2, 0.25) is 0 Å². The molecule has 0 aliphatic heterocycles. The third kappa shape index (κ3) is 2.52. The molecule has 0 aromatic carbocycles. The van der Waals surface area contributed by atoms with Gasteiger partial charge in [0.25, 0.3) is 0 Å². The van der Waals surface area contributed by atoms with E-state index in [1.165, 1.54) is 25.7 Å². The van der Waals surface area contributed by atoms with Gasteiger partial charge in [-0.2, -0.15) is 0 Å². The molecule has 3 nitrogen and oxygen atoms in total. The zero-order chi connectivity index (χ0) is 13.5. The Kier molecular flexibility index (Phi) is 3.54. The number of hydrogen-bond acceptors (Lipinski definition) is 3. The summed E-state index contributed by atoms with van der Waals surface area (Å²) in [5.41, 5.74) is 0. The van der Waals surface area contributed by atoms with Crippen molar-refractivity contribution >= 4 is 8.25 Å². The van der Waals surface area contributed by atoms with Crippen LogP contribution in [-0.2, 0) is 13.6 Å². The monoisotopic (exact) mass is 293 g/mol. The third-order valence-electron chi connectivity index (χ3n) is 5.62. The minimum absolute atomic E-state index is 0.554. The van der Waals surface area contributed by atoms with Crippen molar-refractivity contribution in [2.24, 2.45) is 35.5 Å². The predicted octanol–water partition coefficient (Wildman–Crippen LogP) is 4.10. The van der Waals surface area contributed by atoms with Crippen molar-refractivity contribution in [3.05, 3.63) is 24.3 Å². The van der Waals surface area contributed by atoms with Crippen LogP contribution in [0.1, 0.15) is 25.7 Å². The van der Waals surface area contributed by atoms with Crippen LogP contribution in [0.5, 0.6) is 0 Å². The van der Waals surface area contributed by atoms with E-state index in [9.17, 15) is 4.57 Å². The van der Waals surface area contributed by atoms with Crippen LogP contribution in [-0.4, -0.2) is 13.2 Å². The van der Waals surface area contributed by atoms with Crippen molar-refractivity contribution in [1.82, 2.24) is 0 Å². The van der Waals surface area contributed by atoms with Gasteiger partial charge >= 0.3 is 8.25 Å². The molecule has 6 atom stereocenters. The Morgan fingerprint density at radius 1 is 0.800 bits per heavy atom. The van der Waals surface area contributed by atoms with Crippen molar-refractivity contribution in [2.75, 3.05) is 13.2 Å². The average Bonchev–Trinajstić information content (AvgIpc) is 3.21. The first kappa shape index (κ1) is 13.2. The Hall–Kier alpha value is -0.500. The molecule has 2 saturated carbocycles. The molecule has 2 fully saturated rings. The quantitative estimate of drug-likeness (QED) is 0.546. The first-order valence-corrected chi connectivity index (χ1v) is 8.97. The molecule has 108 valence electrons. The van der Waals surface area contributed by atoms with E-state index < -0.39 is 8.25 Å². The van der Waals surface area contributed by atoms with Crippen LogP contribution in [0.25, 0.3) is 0 Å². The minimum atomic E-state index is -1.93. The van der Waals surface area contributed by atoms with Crippen molar-refractivity contribution in [3.63, 3.8) is 0 Å². The molecular weight excluding hydrogens is 271 g/mol. The van der Waals surface area contributed by atoms with Gasteiger partial charge in [0.05, 0.1) is 0 Å². The Labute approximate surface area is 121 Å². The predicted molar refractivity (Wildman–Crippen MR) is 77.2 cm³/mol. The molecule has 4 heteroatoms. The first-order valence-electron chi connectivity index (χ1n) is 7.87. The van der Waals surface area contributed by atoms with Crippen molar-refractivity contribution in [2.45, 2.75) is 25.7 Å². The van der Waals surface area contributed by atoms with Gasteiger partial charge in [0, 0.05) is 4.57 Å². The second-order valence-electron chi connectivity index (χ2n) is 6.90. The largest absolute Gasteiger partial charge is 0.697 e. The molecule has 6 unspecified atom stereocenters. The number of allylic oxidation sites excluding steroid dienone is 4. The maximum atomic E-state index is 11.8. The van der Waals surface area contributed by atoms with E-state index in [1.807, 2.05) is 0 Å². The molecule has 0 aromatic rings. The van der Waals surface area contributed by atoms with Crippen molar-refractivity contribution in [3.8, 4) is 0 Å². The fourth-order valence-corrected chi connectivity index (χ4v) is 5.22. The van der Waals surface area contributed by atoms with Crippen LogP contribution >= 0.6 is 8.25 Å². The summed E-state index contributed by atoms with van der Waals surface area (Å²) in [5, 5.41) is 0. The highest BCUT2D eigenvalue weighted by Crippen LogP contribution is 2.46. The number of hydrogen-bond donors (Lipinski definition) is 0. The summed E-state index contributed by atoms with van der Waals surface area (Å²) >= 11 is 0. The van der Waals surface area contributed by atoms with Gasteiger partial charge in [-0.05, 0) is 61.2 Å². The summed E-state index contributed by atoms with van der Waals surface area (Å²) in [7, 11) is -1.93. The van der Waals surface area contributed by atoms with Gasteiger partial charge in [-0.15, -0.1) is 9.05 Å². The fourth-order valence-electron chi connectivity index (χ4n) is 4.52. The molecule has 0 aromatic heterocycles. The van der Waals surface area contributed by atoms with Gasteiger partial charge in [-0.25, -0.2) is 0 Å². The normalized spacial score (nSPS) is 44.7. The Morgan fingerprint density at radius 3 is 1.65 bits per heavy atom. The molecule has 0 radical (unpaired) electrons. The van der Waals surface area contributed by atoms with E-state index in [0.717, 1.165) is 11.8 Å².